The van der Waals surface area contributed by atoms with Crippen molar-refractivity contribution in [1.82, 2.24) is 0 Å². The molecule has 0 aromatic heterocycles. The molecule has 1 fully saturated rings. The molecule has 17 heavy (non-hydrogen) atoms. The van der Waals surface area contributed by atoms with Crippen LogP contribution in [0.2, 0.25) is 10.0 Å². The highest BCUT2D eigenvalue weighted by molar-refractivity contribution is 6.44. The van der Waals surface area contributed by atoms with E-state index in [1.807, 2.05) is 0 Å². The Morgan fingerprint density at radius 1 is 1.29 bits per heavy atom. The number of halogens is 2. The average Bonchev–Trinajstić information content (AvgIpc) is 2.78. The Kier molecular flexibility index (Phi) is 3.89. The van der Waals surface area contributed by atoms with Gasteiger partial charge in [0.25, 0.3) is 0 Å². The molecule has 1 aromatic rings. The summed E-state index contributed by atoms with van der Waals surface area (Å²) >= 11 is 12.2. The number of carbonyl (C=O) groups excluding carboxylic acids is 1. The molecule has 0 saturated carbocycles. The van der Waals surface area contributed by atoms with Crippen molar-refractivity contribution in [3.05, 3.63) is 27.7 Å². The molecule has 1 N–H and O–H groups in total. The van der Waals surface area contributed by atoms with Gasteiger partial charge in [-0.1, -0.05) is 29.3 Å². The molecule has 2 rings (SSSR count). The summed E-state index contributed by atoms with van der Waals surface area (Å²) in [6.45, 7) is 2.47. The van der Waals surface area contributed by atoms with E-state index >= 15 is 0 Å². The quantitative estimate of drug-likeness (QED) is 0.903. The van der Waals surface area contributed by atoms with E-state index in [9.17, 15) is 4.79 Å². The van der Waals surface area contributed by atoms with Gasteiger partial charge in [-0.15, -0.1) is 0 Å². The second-order valence-electron chi connectivity index (χ2n) is 3.59. The maximum atomic E-state index is 11.0. The number of hydrogen-bond acceptors (Lipinski definition) is 3. The zero-order valence-electron chi connectivity index (χ0n) is 9.13. The summed E-state index contributed by atoms with van der Waals surface area (Å²) in [6.07, 6.45) is -0.480. The molecule has 1 saturated heterocycles. The molecule has 0 spiro atoms. The third-order valence-electron chi connectivity index (χ3n) is 2.30. The molecular formula is C11H11Cl2NO3. The van der Waals surface area contributed by atoms with Crippen molar-refractivity contribution in [1.29, 1.82) is 0 Å². The number of carbonyl (C=O) groups is 1. The van der Waals surface area contributed by atoms with Gasteiger partial charge >= 0.3 is 0 Å². The zero-order valence-corrected chi connectivity index (χ0v) is 10.6. The molecule has 0 atom stereocenters. The highest BCUT2D eigenvalue weighted by Crippen LogP contribution is 2.38. The molecule has 1 amide bonds. The molecule has 0 bridgehead atoms. The lowest BCUT2D eigenvalue weighted by Crippen LogP contribution is -2.07. The summed E-state index contributed by atoms with van der Waals surface area (Å²) in [7, 11) is 0. The first-order valence-corrected chi connectivity index (χ1v) is 5.84. The number of hydrogen-bond donors (Lipinski definition) is 1. The number of amides is 1. The van der Waals surface area contributed by atoms with E-state index in [-0.39, 0.29) is 5.91 Å². The maximum absolute atomic E-state index is 11.0. The van der Waals surface area contributed by atoms with Crippen LogP contribution in [0.25, 0.3) is 0 Å². The van der Waals surface area contributed by atoms with E-state index in [1.54, 1.807) is 12.1 Å². The standard InChI is InChI=1S/C11H11Cl2NO3/c1-6(15)14-8-3-2-7(9(12)10(8)13)11-16-4-5-17-11/h2-3,11H,4-5H2,1H3,(H,14,15). The minimum absolute atomic E-state index is 0.205. The van der Waals surface area contributed by atoms with Crippen molar-refractivity contribution in [2.45, 2.75) is 13.2 Å². The molecule has 1 aromatic carbocycles. The molecule has 1 aliphatic heterocycles. The van der Waals surface area contributed by atoms with Gasteiger partial charge in [0.15, 0.2) is 6.29 Å². The Morgan fingerprint density at radius 2 is 1.94 bits per heavy atom. The van der Waals surface area contributed by atoms with Crippen molar-refractivity contribution < 1.29 is 14.3 Å². The van der Waals surface area contributed by atoms with Crippen LogP contribution in [0, 0.1) is 0 Å². The highest BCUT2D eigenvalue weighted by atomic mass is 35.5. The van der Waals surface area contributed by atoms with E-state index in [4.69, 9.17) is 32.7 Å². The second kappa shape index (κ2) is 5.23. The van der Waals surface area contributed by atoms with Crippen LogP contribution in [0.15, 0.2) is 12.1 Å². The first kappa shape index (κ1) is 12.6. The van der Waals surface area contributed by atoms with Gasteiger partial charge in [0, 0.05) is 12.5 Å². The Balaban J connectivity index is 2.31. The van der Waals surface area contributed by atoms with Crippen molar-refractivity contribution in [2.24, 2.45) is 0 Å². The molecule has 92 valence electrons. The van der Waals surface area contributed by atoms with Crippen LogP contribution in [0.3, 0.4) is 0 Å². The fourth-order valence-corrected chi connectivity index (χ4v) is 2.04. The van der Waals surface area contributed by atoms with E-state index in [2.05, 4.69) is 5.32 Å². The van der Waals surface area contributed by atoms with Crippen molar-refractivity contribution in [2.75, 3.05) is 18.5 Å². The third kappa shape index (κ3) is 2.72. The summed E-state index contributed by atoms with van der Waals surface area (Å²) in [6, 6.07) is 3.41. The van der Waals surface area contributed by atoms with Gasteiger partial charge in [-0.25, -0.2) is 0 Å². The third-order valence-corrected chi connectivity index (χ3v) is 3.20. The van der Waals surface area contributed by atoms with E-state index in [0.29, 0.717) is 34.5 Å². The molecule has 6 heteroatoms. The summed E-state index contributed by atoms with van der Waals surface area (Å²) in [4.78, 5) is 11.0. The van der Waals surface area contributed by atoms with Crippen LogP contribution >= 0.6 is 23.2 Å². The first-order chi connectivity index (χ1) is 8.09. The highest BCUT2D eigenvalue weighted by Gasteiger charge is 2.23. The molecule has 4 nitrogen and oxygen atoms in total. The second-order valence-corrected chi connectivity index (χ2v) is 4.34. The van der Waals surface area contributed by atoms with Crippen molar-refractivity contribution in [3.8, 4) is 0 Å². The van der Waals surface area contributed by atoms with Crippen LogP contribution in [-0.4, -0.2) is 19.1 Å². The van der Waals surface area contributed by atoms with Crippen LogP contribution in [0.4, 0.5) is 5.69 Å². The summed E-state index contributed by atoms with van der Waals surface area (Å²) < 4.78 is 10.7. The van der Waals surface area contributed by atoms with Gasteiger partial charge < -0.3 is 14.8 Å². The molecule has 0 aliphatic carbocycles. The monoisotopic (exact) mass is 275 g/mol. The predicted octanol–water partition coefficient (Wildman–Crippen LogP) is 3.00. The van der Waals surface area contributed by atoms with Crippen LogP contribution in [0.1, 0.15) is 18.8 Å². The minimum Gasteiger partial charge on any atom is -0.346 e. The topological polar surface area (TPSA) is 47.6 Å². The van der Waals surface area contributed by atoms with Gasteiger partial charge in [0.05, 0.1) is 28.9 Å². The Bertz CT molecular complexity index is 445. The van der Waals surface area contributed by atoms with E-state index in [0.717, 1.165) is 0 Å². The number of anilines is 1. The fraction of sp³-hybridized carbons (Fsp3) is 0.364. The van der Waals surface area contributed by atoms with Crippen molar-refractivity contribution in [3.63, 3.8) is 0 Å². The average molecular weight is 276 g/mol. The number of benzene rings is 1. The maximum Gasteiger partial charge on any atom is 0.221 e. The Hall–Kier alpha value is -0.810. The first-order valence-electron chi connectivity index (χ1n) is 5.08. The summed E-state index contributed by atoms with van der Waals surface area (Å²) in [5.41, 5.74) is 1.15. The molecule has 0 radical (unpaired) electrons. The summed E-state index contributed by atoms with van der Waals surface area (Å²) in [5.74, 6) is -0.205. The number of nitrogens with one attached hydrogen (secondary N) is 1. The van der Waals surface area contributed by atoms with Gasteiger partial charge in [-0.3, -0.25) is 4.79 Å². The molecular weight excluding hydrogens is 265 g/mol. The molecule has 0 unspecified atom stereocenters. The summed E-state index contributed by atoms with van der Waals surface area (Å²) in [5, 5.41) is 3.22. The predicted molar refractivity (Wildman–Crippen MR) is 65.4 cm³/mol. The van der Waals surface area contributed by atoms with E-state index < -0.39 is 6.29 Å². The SMILES string of the molecule is CC(=O)Nc1ccc(C2OCCO2)c(Cl)c1Cl. The minimum atomic E-state index is -0.480. The number of rotatable bonds is 2. The van der Waals surface area contributed by atoms with Gasteiger partial charge in [0.1, 0.15) is 0 Å². The molecule has 1 aliphatic rings. The van der Waals surface area contributed by atoms with Gasteiger partial charge in [0.2, 0.25) is 5.91 Å². The van der Waals surface area contributed by atoms with Gasteiger partial charge in [-0.05, 0) is 6.07 Å². The zero-order chi connectivity index (χ0) is 12.4. The van der Waals surface area contributed by atoms with Gasteiger partial charge in [-0.2, -0.15) is 0 Å². The largest absolute Gasteiger partial charge is 0.346 e. The Morgan fingerprint density at radius 3 is 2.53 bits per heavy atom. The molecule has 1 heterocycles. The van der Waals surface area contributed by atoms with Crippen LogP contribution < -0.4 is 5.32 Å². The normalized spacial score (nSPS) is 16.2. The van der Waals surface area contributed by atoms with Crippen molar-refractivity contribution >= 4 is 34.8 Å². The fourth-order valence-electron chi connectivity index (χ4n) is 1.57. The lowest BCUT2D eigenvalue weighted by atomic mass is 10.2. The van der Waals surface area contributed by atoms with Crippen LogP contribution in [0.5, 0.6) is 0 Å². The Labute approximate surface area is 109 Å². The van der Waals surface area contributed by atoms with Crippen LogP contribution in [-0.2, 0) is 14.3 Å². The lowest BCUT2D eigenvalue weighted by Gasteiger charge is -2.14. The smallest absolute Gasteiger partial charge is 0.221 e. The van der Waals surface area contributed by atoms with E-state index in [1.165, 1.54) is 6.92 Å². The number of ether oxygens (including phenoxy) is 2. The lowest BCUT2D eigenvalue weighted by molar-refractivity contribution is -0.114.